The highest BCUT2D eigenvalue weighted by molar-refractivity contribution is 4.81. The van der Waals surface area contributed by atoms with Crippen molar-refractivity contribution < 1.29 is 0 Å². The summed E-state index contributed by atoms with van der Waals surface area (Å²) in [5.41, 5.74) is 0. The molecule has 0 rings (SSSR count). The lowest BCUT2D eigenvalue weighted by Gasteiger charge is -2.20. The second-order valence-corrected chi connectivity index (χ2v) is 8.49. The molecule has 0 fully saturated rings. The molecule has 0 aromatic carbocycles. The molecule has 162 valence electrons. The normalized spacial score (nSPS) is 11.5. The molecule has 0 heterocycles. The molecule has 0 saturated heterocycles. The molecular formula is C26H53N. The number of hydrogen-bond donors (Lipinski definition) is 0. The molecule has 0 unspecified atom stereocenters. The summed E-state index contributed by atoms with van der Waals surface area (Å²) in [6.07, 6.45) is 31.6. The third-order valence-corrected chi connectivity index (χ3v) is 5.65. The van der Waals surface area contributed by atoms with E-state index in [0.29, 0.717) is 0 Å². The maximum absolute atomic E-state index is 2.54. The topological polar surface area (TPSA) is 3.24 Å². The Balaban J connectivity index is 3.28. The number of nitrogens with zero attached hydrogens (tertiary/aromatic N) is 1. The van der Waals surface area contributed by atoms with Crippen molar-refractivity contribution in [1.82, 2.24) is 4.90 Å². The van der Waals surface area contributed by atoms with Crippen molar-refractivity contribution in [1.29, 1.82) is 0 Å². The highest BCUT2D eigenvalue weighted by Crippen LogP contribution is 2.14. The Hall–Kier alpha value is -0.460. The van der Waals surface area contributed by atoms with Crippen LogP contribution in [-0.2, 0) is 0 Å². The van der Waals surface area contributed by atoms with Gasteiger partial charge >= 0.3 is 0 Å². The zero-order valence-electron chi connectivity index (χ0n) is 19.5. The first-order chi connectivity index (χ1) is 13.3. The zero-order valence-corrected chi connectivity index (χ0v) is 19.5. The Morgan fingerprint density at radius 1 is 0.444 bits per heavy atom. The summed E-state index contributed by atoms with van der Waals surface area (Å²) in [5.74, 6) is 0. The fourth-order valence-corrected chi connectivity index (χ4v) is 3.74. The number of hydrogen-bond acceptors (Lipinski definition) is 1. The highest BCUT2D eigenvalue weighted by atomic mass is 15.1. The van der Waals surface area contributed by atoms with Crippen LogP contribution in [0.2, 0.25) is 0 Å². The van der Waals surface area contributed by atoms with Gasteiger partial charge in [-0.2, -0.15) is 0 Å². The summed E-state index contributed by atoms with van der Waals surface area (Å²) in [6, 6.07) is 0. The first-order valence-corrected chi connectivity index (χ1v) is 12.8. The van der Waals surface area contributed by atoms with Gasteiger partial charge in [-0.15, -0.1) is 0 Å². The summed E-state index contributed by atoms with van der Waals surface area (Å²) in [4.78, 5) is 2.54. The van der Waals surface area contributed by atoms with Crippen molar-refractivity contribution in [3.63, 3.8) is 0 Å². The van der Waals surface area contributed by atoms with Crippen LogP contribution in [0.1, 0.15) is 143 Å². The average molecular weight is 380 g/mol. The van der Waals surface area contributed by atoms with Crippen molar-refractivity contribution in [3.8, 4) is 0 Å². The largest absolute Gasteiger partial charge is 0.378 e. The van der Waals surface area contributed by atoms with E-state index in [1.165, 1.54) is 129 Å². The molecule has 0 aliphatic rings. The van der Waals surface area contributed by atoms with Crippen molar-refractivity contribution in [2.45, 2.75) is 143 Å². The van der Waals surface area contributed by atoms with Gasteiger partial charge in [0.1, 0.15) is 0 Å². The summed E-state index contributed by atoms with van der Waals surface area (Å²) in [6.45, 7) is 9.31. The van der Waals surface area contributed by atoms with Gasteiger partial charge in [-0.1, -0.05) is 130 Å². The Kier molecular flexibility index (Phi) is 23.2. The third-order valence-electron chi connectivity index (χ3n) is 5.65. The summed E-state index contributed by atoms with van der Waals surface area (Å²) >= 11 is 0. The number of rotatable bonds is 22. The standard InChI is InChI=1S/C26H53N/c1-4-7-10-11-12-13-14-15-16-17-18-19-20-21-22-23-26-27(24-8-5-2)25-9-6-3/h8,24H,4-7,9-23,25-26H2,1-3H3. The second-order valence-electron chi connectivity index (χ2n) is 8.49. The van der Waals surface area contributed by atoms with E-state index in [0.717, 1.165) is 6.42 Å². The van der Waals surface area contributed by atoms with Crippen molar-refractivity contribution in [2.75, 3.05) is 13.1 Å². The fourth-order valence-electron chi connectivity index (χ4n) is 3.74. The third kappa shape index (κ3) is 21.7. The quantitative estimate of drug-likeness (QED) is 0.169. The van der Waals surface area contributed by atoms with E-state index in [9.17, 15) is 0 Å². The van der Waals surface area contributed by atoms with E-state index < -0.39 is 0 Å². The van der Waals surface area contributed by atoms with Gasteiger partial charge in [0.15, 0.2) is 0 Å². The molecule has 0 saturated carbocycles. The molecule has 1 nitrogen and oxygen atoms in total. The van der Waals surface area contributed by atoms with Crippen LogP contribution in [0.3, 0.4) is 0 Å². The number of allylic oxidation sites excluding steroid dienone is 1. The predicted molar refractivity (Wildman–Crippen MR) is 125 cm³/mol. The molecule has 1 heteroatoms. The Morgan fingerprint density at radius 3 is 1.22 bits per heavy atom. The average Bonchev–Trinajstić information content (AvgIpc) is 2.69. The summed E-state index contributed by atoms with van der Waals surface area (Å²) in [7, 11) is 0. The maximum atomic E-state index is 2.54. The first kappa shape index (κ1) is 26.5. The van der Waals surface area contributed by atoms with Gasteiger partial charge in [0.05, 0.1) is 0 Å². The molecule has 0 aromatic rings. The van der Waals surface area contributed by atoms with Crippen LogP contribution in [0.5, 0.6) is 0 Å². The molecule has 0 bridgehead atoms. The Bertz CT molecular complexity index is 284. The zero-order chi connectivity index (χ0) is 19.8. The molecule has 0 amide bonds. The molecule has 0 spiro atoms. The van der Waals surface area contributed by atoms with E-state index >= 15 is 0 Å². The molecule has 0 N–H and O–H groups in total. The maximum Gasteiger partial charge on any atom is 0.0172 e. The minimum Gasteiger partial charge on any atom is -0.378 e. The smallest absolute Gasteiger partial charge is 0.0172 e. The summed E-state index contributed by atoms with van der Waals surface area (Å²) in [5, 5.41) is 0. The first-order valence-electron chi connectivity index (χ1n) is 12.8. The van der Waals surface area contributed by atoms with E-state index in [2.05, 4.69) is 37.9 Å². The van der Waals surface area contributed by atoms with Gasteiger partial charge in [-0.3, -0.25) is 0 Å². The minimum atomic E-state index is 1.15. The van der Waals surface area contributed by atoms with Crippen molar-refractivity contribution in [2.24, 2.45) is 0 Å². The van der Waals surface area contributed by atoms with Gasteiger partial charge < -0.3 is 4.90 Å². The van der Waals surface area contributed by atoms with Gasteiger partial charge in [0.25, 0.3) is 0 Å². The molecular weight excluding hydrogens is 326 g/mol. The second kappa shape index (κ2) is 23.6. The molecule has 0 aromatic heterocycles. The van der Waals surface area contributed by atoms with E-state index in [1.54, 1.807) is 0 Å². The van der Waals surface area contributed by atoms with Crippen LogP contribution in [0.15, 0.2) is 12.3 Å². The number of unbranched alkanes of at least 4 members (excludes halogenated alkanes) is 16. The summed E-state index contributed by atoms with van der Waals surface area (Å²) < 4.78 is 0. The van der Waals surface area contributed by atoms with Crippen LogP contribution < -0.4 is 0 Å². The van der Waals surface area contributed by atoms with Crippen molar-refractivity contribution >= 4 is 0 Å². The molecule has 0 atom stereocenters. The molecule has 27 heavy (non-hydrogen) atoms. The van der Waals surface area contributed by atoms with Crippen LogP contribution in [0.4, 0.5) is 0 Å². The van der Waals surface area contributed by atoms with Crippen molar-refractivity contribution in [3.05, 3.63) is 12.3 Å². The minimum absolute atomic E-state index is 1.15. The predicted octanol–water partition coefficient (Wildman–Crippen LogP) is 9.27. The molecule has 0 aliphatic heterocycles. The molecule has 0 aliphatic carbocycles. The van der Waals surface area contributed by atoms with Crippen LogP contribution in [-0.4, -0.2) is 18.0 Å². The van der Waals surface area contributed by atoms with Gasteiger partial charge in [-0.25, -0.2) is 0 Å². The Morgan fingerprint density at radius 2 is 0.815 bits per heavy atom. The monoisotopic (exact) mass is 379 g/mol. The van der Waals surface area contributed by atoms with Crippen LogP contribution >= 0.6 is 0 Å². The SMILES string of the molecule is CCC=CN(CCCC)CCCCCCCCCCCCCCCCCC. The lowest BCUT2D eigenvalue weighted by atomic mass is 10.0. The van der Waals surface area contributed by atoms with Gasteiger partial charge in [0.2, 0.25) is 0 Å². The molecule has 0 radical (unpaired) electrons. The lowest BCUT2D eigenvalue weighted by Crippen LogP contribution is -2.19. The Labute approximate surface area is 173 Å². The highest BCUT2D eigenvalue weighted by Gasteiger charge is 1.99. The van der Waals surface area contributed by atoms with Gasteiger partial charge in [-0.05, 0) is 25.5 Å². The van der Waals surface area contributed by atoms with E-state index in [4.69, 9.17) is 0 Å². The van der Waals surface area contributed by atoms with E-state index in [1.807, 2.05) is 0 Å². The van der Waals surface area contributed by atoms with Gasteiger partial charge in [0, 0.05) is 13.1 Å². The van der Waals surface area contributed by atoms with Crippen LogP contribution in [0, 0.1) is 0 Å². The fraction of sp³-hybridized carbons (Fsp3) is 0.923. The lowest BCUT2D eigenvalue weighted by molar-refractivity contribution is 0.353. The van der Waals surface area contributed by atoms with E-state index in [-0.39, 0.29) is 0 Å². The van der Waals surface area contributed by atoms with Crippen LogP contribution in [0.25, 0.3) is 0 Å².